The molecule has 1 aromatic heterocycles. The summed E-state index contributed by atoms with van der Waals surface area (Å²) in [5, 5.41) is 9.53. The van der Waals surface area contributed by atoms with Crippen LogP contribution in [0.5, 0.6) is 0 Å². The molecular weight excluding hydrogens is 310 g/mol. The minimum absolute atomic E-state index is 0.632. The van der Waals surface area contributed by atoms with Crippen molar-refractivity contribution in [2.24, 2.45) is 0 Å². The van der Waals surface area contributed by atoms with Gasteiger partial charge in [-0.05, 0) is 65.8 Å². The SMILES string of the molecule is Cc1cc(C)nc(Sc2ccc(C#N)cc2Br)n1. The largest absolute Gasteiger partial charge is 0.228 e. The molecule has 0 N–H and O–H groups in total. The number of nitriles is 1. The summed E-state index contributed by atoms with van der Waals surface area (Å²) < 4.78 is 0.884. The standard InChI is InChI=1S/C13H10BrN3S/c1-8-5-9(2)17-13(16-8)18-12-4-3-10(7-15)6-11(12)14/h3-6H,1-2H3. The van der Waals surface area contributed by atoms with Gasteiger partial charge in [-0.1, -0.05) is 0 Å². The number of rotatable bonds is 2. The van der Waals surface area contributed by atoms with E-state index in [4.69, 9.17) is 5.26 Å². The first kappa shape index (κ1) is 13.1. The molecule has 2 aromatic rings. The Bertz CT molecular complexity index is 614. The van der Waals surface area contributed by atoms with Gasteiger partial charge in [0, 0.05) is 20.8 Å². The summed E-state index contributed by atoms with van der Waals surface area (Å²) in [6.45, 7) is 3.90. The van der Waals surface area contributed by atoms with Gasteiger partial charge >= 0.3 is 0 Å². The number of halogens is 1. The lowest BCUT2D eigenvalue weighted by Gasteiger charge is -2.05. The molecule has 5 heteroatoms. The molecule has 0 fully saturated rings. The van der Waals surface area contributed by atoms with Gasteiger partial charge in [0.25, 0.3) is 0 Å². The monoisotopic (exact) mass is 319 g/mol. The van der Waals surface area contributed by atoms with Crippen LogP contribution in [0.4, 0.5) is 0 Å². The van der Waals surface area contributed by atoms with E-state index in [0.29, 0.717) is 5.56 Å². The lowest BCUT2D eigenvalue weighted by atomic mass is 10.2. The van der Waals surface area contributed by atoms with Gasteiger partial charge in [-0.25, -0.2) is 9.97 Å². The van der Waals surface area contributed by atoms with Crippen molar-refractivity contribution in [3.05, 3.63) is 45.7 Å². The van der Waals surface area contributed by atoms with Gasteiger partial charge in [0.05, 0.1) is 11.6 Å². The van der Waals surface area contributed by atoms with Crippen molar-refractivity contribution in [2.45, 2.75) is 23.9 Å². The highest BCUT2D eigenvalue weighted by Crippen LogP contribution is 2.32. The zero-order valence-corrected chi connectivity index (χ0v) is 12.3. The fourth-order valence-electron chi connectivity index (χ4n) is 1.49. The topological polar surface area (TPSA) is 49.6 Å². The Hall–Kier alpha value is -1.38. The molecule has 0 aliphatic carbocycles. The Morgan fingerprint density at radius 1 is 1.17 bits per heavy atom. The van der Waals surface area contributed by atoms with Crippen molar-refractivity contribution in [1.82, 2.24) is 9.97 Å². The van der Waals surface area contributed by atoms with Crippen molar-refractivity contribution in [1.29, 1.82) is 5.26 Å². The van der Waals surface area contributed by atoms with Crippen molar-refractivity contribution in [3.63, 3.8) is 0 Å². The van der Waals surface area contributed by atoms with E-state index in [2.05, 4.69) is 32.0 Å². The molecule has 3 nitrogen and oxygen atoms in total. The third kappa shape index (κ3) is 3.09. The molecule has 0 aliphatic rings. The molecule has 0 unspecified atom stereocenters. The van der Waals surface area contributed by atoms with Gasteiger partial charge in [-0.2, -0.15) is 5.26 Å². The van der Waals surface area contributed by atoms with Crippen molar-refractivity contribution >= 4 is 27.7 Å². The second-order valence-corrected chi connectivity index (χ2v) is 5.66. The van der Waals surface area contributed by atoms with Crippen LogP contribution in [0, 0.1) is 25.2 Å². The summed E-state index contributed by atoms with van der Waals surface area (Å²) in [7, 11) is 0. The fraction of sp³-hybridized carbons (Fsp3) is 0.154. The van der Waals surface area contributed by atoms with Crippen LogP contribution in [0.1, 0.15) is 17.0 Å². The molecule has 0 saturated carbocycles. The summed E-state index contributed by atoms with van der Waals surface area (Å²) in [4.78, 5) is 9.76. The first-order chi connectivity index (χ1) is 8.58. The number of aryl methyl sites for hydroxylation is 2. The summed E-state index contributed by atoms with van der Waals surface area (Å²) in [5.74, 6) is 0. The molecule has 0 bridgehead atoms. The highest BCUT2D eigenvalue weighted by molar-refractivity contribution is 9.10. The molecule has 2 rings (SSSR count). The lowest BCUT2D eigenvalue weighted by molar-refractivity contribution is 0.902. The number of hydrogen-bond acceptors (Lipinski definition) is 4. The smallest absolute Gasteiger partial charge is 0.192 e. The van der Waals surface area contributed by atoms with Gasteiger partial charge in [-0.3, -0.25) is 0 Å². The van der Waals surface area contributed by atoms with E-state index >= 15 is 0 Å². The van der Waals surface area contributed by atoms with Gasteiger partial charge in [0.15, 0.2) is 5.16 Å². The Morgan fingerprint density at radius 2 is 1.83 bits per heavy atom. The fourth-order valence-corrected chi connectivity index (χ4v) is 2.98. The zero-order valence-electron chi connectivity index (χ0n) is 9.94. The van der Waals surface area contributed by atoms with Crippen LogP contribution < -0.4 is 0 Å². The summed E-state index contributed by atoms with van der Waals surface area (Å²) in [6.07, 6.45) is 0. The van der Waals surface area contributed by atoms with Crippen LogP contribution in [0.3, 0.4) is 0 Å². The molecule has 0 radical (unpaired) electrons. The molecule has 90 valence electrons. The van der Waals surface area contributed by atoms with Crippen LogP contribution in [0.2, 0.25) is 0 Å². The first-order valence-electron chi connectivity index (χ1n) is 5.28. The zero-order chi connectivity index (χ0) is 13.1. The second-order valence-electron chi connectivity index (χ2n) is 3.79. The quantitative estimate of drug-likeness (QED) is 0.788. The predicted molar refractivity (Wildman–Crippen MR) is 74.5 cm³/mol. The maximum atomic E-state index is 8.81. The molecule has 18 heavy (non-hydrogen) atoms. The van der Waals surface area contributed by atoms with E-state index in [-0.39, 0.29) is 0 Å². The highest BCUT2D eigenvalue weighted by atomic mass is 79.9. The van der Waals surface area contributed by atoms with E-state index in [0.717, 1.165) is 25.9 Å². The number of aromatic nitrogens is 2. The minimum atomic E-state index is 0.632. The third-order valence-electron chi connectivity index (χ3n) is 2.22. The summed E-state index contributed by atoms with van der Waals surface area (Å²) >= 11 is 4.94. The molecule has 0 saturated heterocycles. The Morgan fingerprint density at radius 3 is 2.39 bits per heavy atom. The normalized spacial score (nSPS) is 10.1. The molecule has 1 aromatic carbocycles. The average Bonchev–Trinajstić information content (AvgIpc) is 2.30. The molecule has 0 aliphatic heterocycles. The second kappa shape index (κ2) is 5.51. The van der Waals surface area contributed by atoms with Gasteiger partial charge in [0.2, 0.25) is 0 Å². The van der Waals surface area contributed by atoms with Crippen molar-refractivity contribution in [3.8, 4) is 6.07 Å². The summed E-state index contributed by atoms with van der Waals surface area (Å²) in [6, 6.07) is 9.53. The Labute approximate surface area is 118 Å². The Kier molecular flexibility index (Phi) is 4.00. The molecule has 0 amide bonds. The maximum absolute atomic E-state index is 8.81. The highest BCUT2D eigenvalue weighted by Gasteiger charge is 2.07. The van der Waals surface area contributed by atoms with Crippen molar-refractivity contribution in [2.75, 3.05) is 0 Å². The number of nitrogens with zero attached hydrogens (tertiary/aromatic N) is 3. The van der Waals surface area contributed by atoms with Crippen molar-refractivity contribution < 1.29 is 0 Å². The van der Waals surface area contributed by atoms with E-state index in [1.807, 2.05) is 26.0 Å². The molecule has 0 spiro atoms. The Balaban J connectivity index is 2.31. The number of benzene rings is 1. The van der Waals surface area contributed by atoms with Crippen LogP contribution in [-0.2, 0) is 0 Å². The first-order valence-corrected chi connectivity index (χ1v) is 6.89. The summed E-state index contributed by atoms with van der Waals surface area (Å²) in [5.41, 5.74) is 2.54. The minimum Gasteiger partial charge on any atom is -0.228 e. The predicted octanol–water partition coefficient (Wildman–Crippen LogP) is 3.88. The van der Waals surface area contributed by atoms with Gasteiger partial charge in [0.1, 0.15) is 0 Å². The van der Waals surface area contributed by atoms with Crippen LogP contribution in [0.25, 0.3) is 0 Å². The van der Waals surface area contributed by atoms with E-state index in [1.54, 1.807) is 12.1 Å². The van der Waals surface area contributed by atoms with Crippen LogP contribution in [-0.4, -0.2) is 9.97 Å². The average molecular weight is 320 g/mol. The number of hydrogen-bond donors (Lipinski definition) is 0. The van der Waals surface area contributed by atoms with Gasteiger partial charge < -0.3 is 0 Å². The van der Waals surface area contributed by atoms with Crippen LogP contribution in [0.15, 0.2) is 38.8 Å². The van der Waals surface area contributed by atoms with E-state index < -0.39 is 0 Å². The molecular formula is C13H10BrN3S. The van der Waals surface area contributed by atoms with Crippen LogP contribution >= 0.6 is 27.7 Å². The van der Waals surface area contributed by atoms with Gasteiger partial charge in [-0.15, -0.1) is 0 Å². The maximum Gasteiger partial charge on any atom is 0.192 e. The van der Waals surface area contributed by atoms with E-state index in [9.17, 15) is 0 Å². The molecule has 0 atom stereocenters. The van der Waals surface area contributed by atoms with E-state index in [1.165, 1.54) is 11.8 Å². The molecule has 1 heterocycles. The third-order valence-corrected chi connectivity index (χ3v) is 4.08. The lowest BCUT2D eigenvalue weighted by Crippen LogP contribution is -1.92.